The number of amides is 1. The maximum Gasteiger partial charge on any atom is 0.272 e. The van der Waals surface area contributed by atoms with Gasteiger partial charge in [-0.05, 0) is 30.0 Å². The van der Waals surface area contributed by atoms with Crippen LogP contribution in [0.15, 0.2) is 41.2 Å². The Morgan fingerprint density at radius 3 is 2.89 bits per heavy atom. The predicted octanol–water partition coefficient (Wildman–Crippen LogP) is 1.19. The summed E-state index contributed by atoms with van der Waals surface area (Å²) in [7, 11) is 0. The fraction of sp³-hybridized carbons (Fsp3) is 0.214. The van der Waals surface area contributed by atoms with E-state index in [-0.39, 0.29) is 23.2 Å². The molecule has 3 rings (SSSR count). The van der Waals surface area contributed by atoms with E-state index < -0.39 is 0 Å². The number of H-pyrrole nitrogens is 1. The van der Waals surface area contributed by atoms with Gasteiger partial charge in [-0.1, -0.05) is 24.3 Å². The van der Waals surface area contributed by atoms with E-state index in [0.29, 0.717) is 0 Å². The van der Waals surface area contributed by atoms with Gasteiger partial charge in [-0.15, -0.1) is 0 Å². The van der Waals surface area contributed by atoms with Gasteiger partial charge in [-0.2, -0.15) is 5.10 Å². The molecule has 0 saturated carbocycles. The highest BCUT2D eigenvalue weighted by Crippen LogP contribution is 2.30. The van der Waals surface area contributed by atoms with Crippen LogP contribution in [-0.4, -0.2) is 16.1 Å². The van der Waals surface area contributed by atoms with Crippen LogP contribution in [0.4, 0.5) is 0 Å². The number of carbonyl (C=O) groups is 1. The summed E-state index contributed by atoms with van der Waals surface area (Å²) in [6.45, 7) is 0. The molecule has 0 spiro atoms. The number of rotatable bonds is 2. The van der Waals surface area contributed by atoms with Gasteiger partial charge in [0.15, 0.2) is 0 Å². The molecule has 1 aliphatic rings. The van der Waals surface area contributed by atoms with E-state index >= 15 is 0 Å². The van der Waals surface area contributed by atoms with Crippen LogP contribution in [0.1, 0.15) is 34.1 Å². The zero-order valence-electron chi connectivity index (χ0n) is 10.2. The van der Waals surface area contributed by atoms with Gasteiger partial charge in [0.05, 0.1) is 6.04 Å². The van der Waals surface area contributed by atoms with Crippen molar-refractivity contribution in [2.75, 3.05) is 0 Å². The number of benzene rings is 1. The van der Waals surface area contributed by atoms with Crippen LogP contribution in [0.3, 0.4) is 0 Å². The SMILES string of the molecule is O=C(N[C@@H]1CCc2ccccc21)c1ccc(=O)[nH]n1. The van der Waals surface area contributed by atoms with Gasteiger partial charge in [-0.3, -0.25) is 9.59 Å². The largest absolute Gasteiger partial charge is 0.344 e. The summed E-state index contributed by atoms with van der Waals surface area (Å²) >= 11 is 0. The van der Waals surface area contributed by atoms with Gasteiger partial charge in [0.25, 0.3) is 11.5 Å². The summed E-state index contributed by atoms with van der Waals surface area (Å²) < 4.78 is 0. The Morgan fingerprint density at radius 2 is 2.11 bits per heavy atom. The third kappa shape index (κ3) is 2.27. The lowest BCUT2D eigenvalue weighted by Gasteiger charge is -2.13. The Morgan fingerprint density at radius 1 is 1.26 bits per heavy atom. The number of aryl methyl sites for hydroxylation is 1. The fourth-order valence-corrected chi connectivity index (χ4v) is 2.41. The number of fused-ring (bicyclic) bond motifs is 1. The van der Waals surface area contributed by atoms with E-state index in [1.54, 1.807) is 0 Å². The first-order valence-corrected chi connectivity index (χ1v) is 6.18. The van der Waals surface area contributed by atoms with Crippen LogP contribution in [0.2, 0.25) is 0 Å². The highest BCUT2D eigenvalue weighted by molar-refractivity contribution is 5.92. The molecule has 5 nitrogen and oxygen atoms in total. The summed E-state index contributed by atoms with van der Waals surface area (Å²) in [5, 5.41) is 8.93. The van der Waals surface area contributed by atoms with Gasteiger partial charge in [0, 0.05) is 6.07 Å². The van der Waals surface area contributed by atoms with Gasteiger partial charge >= 0.3 is 0 Å². The minimum Gasteiger partial charge on any atom is -0.344 e. The monoisotopic (exact) mass is 255 g/mol. The summed E-state index contributed by atoms with van der Waals surface area (Å²) in [5.41, 5.74) is 2.36. The molecule has 96 valence electrons. The van der Waals surface area contributed by atoms with Crippen LogP contribution < -0.4 is 10.9 Å². The van der Waals surface area contributed by atoms with Gasteiger partial charge in [0.1, 0.15) is 5.69 Å². The minimum absolute atomic E-state index is 0.0254. The summed E-state index contributed by atoms with van der Waals surface area (Å²) in [5.74, 6) is -0.266. The Balaban J connectivity index is 1.78. The molecule has 19 heavy (non-hydrogen) atoms. The summed E-state index contributed by atoms with van der Waals surface area (Å²) in [6.07, 6.45) is 1.87. The molecule has 1 heterocycles. The molecule has 2 N–H and O–H groups in total. The van der Waals surface area contributed by atoms with E-state index in [1.165, 1.54) is 23.3 Å². The maximum atomic E-state index is 12.0. The van der Waals surface area contributed by atoms with Crippen LogP contribution in [-0.2, 0) is 6.42 Å². The van der Waals surface area contributed by atoms with Crippen LogP contribution in [0.5, 0.6) is 0 Å². The molecule has 0 unspecified atom stereocenters. The highest BCUT2D eigenvalue weighted by Gasteiger charge is 2.24. The molecule has 0 radical (unpaired) electrons. The van der Waals surface area contributed by atoms with Crippen molar-refractivity contribution in [3.63, 3.8) is 0 Å². The molecule has 0 aliphatic heterocycles. The number of nitrogens with one attached hydrogen (secondary N) is 2. The van der Waals surface area contributed by atoms with Crippen LogP contribution in [0.25, 0.3) is 0 Å². The first-order valence-electron chi connectivity index (χ1n) is 6.18. The molecule has 0 fully saturated rings. The molecular formula is C14H13N3O2. The van der Waals surface area contributed by atoms with Crippen molar-refractivity contribution in [3.8, 4) is 0 Å². The highest BCUT2D eigenvalue weighted by atomic mass is 16.2. The second-order valence-electron chi connectivity index (χ2n) is 4.57. The lowest BCUT2D eigenvalue weighted by molar-refractivity contribution is 0.0930. The van der Waals surface area contributed by atoms with Crippen molar-refractivity contribution in [1.82, 2.24) is 15.5 Å². The molecule has 2 aromatic rings. The van der Waals surface area contributed by atoms with Crippen LogP contribution in [0, 0.1) is 0 Å². The minimum atomic E-state index is -0.317. The van der Waals surface area contributed by atoms with Crippen molar-refractivity contribution in [3.05, 3.63) is 63.6 Å². The normalized spacial score (nSPS) is 16.9. The smallest absolute Gasteiger partial charge is 0.272 e. The number of carbonyl (C=O) groups excluding carboxylic acids is 1. The average molecular weight is 255 g/mol. The molecule has 5 heteroatoms. The van der Waals surface area contributed by atoms with Gasteiger partial charge in [0.2, 0.25) is 0 Å². The Labute approximate surface area is 109 Å². The van der Waals surface area contributed by atoms with E-state index in [2.05, 4.69) is 21.6 Å². The van der Waals surface area contributed by atoms with Crippen molar-refractivity contribution in [2.24, 2.45) is 0 Å². The molecular weight excluding hydrogens is 242 g/mol. The predicted molar refractivity (Wildman–Crippen MR) is 69.8 cm³/mol. The van der Waals surface area contributed by atoms with Gasteiger partial charge < -0.3 is 5.32 Å². The van der Waals surface area contributed by atoms with Gasteiger partial charge in [-0.25, -0.2) is 5.10 Å². The first-order chi connectivity index (χ1) is 9.24. The molecule has 1 aromatic heterocycles. The third-order valence-corrected chi connectivity index (χ3v) is 3.35. The lowest BCUT2D eigenvalue weighted by atomic mass is 10.1. The second kappa shape index (κ2) is 4.68. The second-order valence-corrected chi connectivity index (χ2v) is 4.57. The molecule has 1 amide bonds. The van der Waals surface area contributed by atoms with Crippen LogP contribution >= 0.6 is 0 Å². The number of aromatic nitrogens is 2. The zero-order chi connectivity index (χ0) is 13.2. The molecule has 1 aliphatic carbocycles. The van der Waals surface area contributed by atoms with Crippen molar-refractivity contribution >= 4 is 5.91 Å². The number of aromatic amines is 1. The third-order valence-electron chi connectivity index (χ3n) is 3.35. The van der Waals surface area contributed by atoms with E-state index in [1.807, 2.05) is 18.2 Å². The lowest BCUT2D eigenvalue weighted by Crippen LogP contribution is -2.28. The van der Waals surface area contributed by atoms with Crippen molar-refractivity contribution in [2.45, 2.75) is 18.9 Å². The number of nitrogens with zero attached hydrogens (tertiary/aromatic N) is 1. The molecule has 0 saturated heterocycles. The first kappa shape index (κ1) is 11.6. The topological polar surface area (TPSA) is 74.8 Å². The summed E-state index contributed by atoms with van der Waals surface area (Å²) in [6, 6.07) is 10.8. The molecule has 0 bridgehead atoms. The standard InChI is InChI=1S/C14H13N3O2/c18-13-8-7-12(16-17-13)14(19)15-11-6-5-9-3-1-2-4-10(9)11/h1-4,7-8,11H,5-6H2,(H,15,19)(H,17,18)/t11-/m1/s1. The van der Waals surface area contributed by atoms with Crippen molar-refractivity contribution in [1.29, 1.82) is 0 Å². The zero-order valence-corrected chi connectivity index (χ0v) is 10.2. The number of hydrogen-bond acceptors (Lipinski definition) is 3. The fourth-order valence-electron chi connectivity index (χ4n) is 2.41. The summed E-state index contributed by atoms with van der Waals surface area (Å²) in [4.78, 5) is 22.9. The molecule has 1 atom stereocenters. The Hall–Kier alpha value is -2.43. The quantitative estimate of drug-likeness (QED) is 0.846. The van der Waals surface area contributed by atoms with E-state index in [9.17, 15) is 9.59 Å². The Kier molecular flexibility index (Phi) is 2.87. The Bertz CT molecular complexity index is 658. The van der Waals surface area contributed by atoms with E-state index in [4.69, 9.17) is 0 Å². The average Bonchev–Trinajstić information content (AvgIpc) is 2.83. The number of hydrogen-bond donors (Lipinski definition) is 2. The van der Waals surface area contributed by atoms with E-state index in [0.717, 1.165) is 12.8 Å². The maximum absolute atomic E-state index is 12.0. The molecule has 1 aromatic carbocycles. The van der Waals surface area contributed by atoms with Crippen molar-refractivity contribution < 1.29 is 4.79 Å².